The molecule has 2 atom stereocenters. The van der Waals surface area contributed by atoms with E-state index in [1.54, 1.807) is 0 Å². The van der Waals surface area contributed by atoms with Gasteiger partial charge in [-0.3, -0.25) is 0 Å². The van der Waals surface area contributed by atoms with Crippen LogP contribution in [0.2, 0.25) is 0 Å². The lowest BCUT2D eigenvalue weighted by Gasteiger charge is -2.42. The van der Waals surface area contributed by atoms with Crippen LogP contribution >= 0.6 is 0 Å². The molecule has 90 valence electrons. The van der Waals surface area contributed by atoms with Crippen molar-refractivity contribution < 1.29 is 4.74 Å². The standard InChI is InChI=1S/C16H20O/c1-11-6-8-15(9-7-11)16(5)10-17-14(4)12(2)13(16)3/h6-9,13H,2,4,10H2,1,3,5H3/t13?,16-/m0/s1. The molecule has 1 nitrogen and oxygen atoms in total. The predicted octanol–water partition coefficient (Wildman–Crippen LogP) is 3.99. The fourth-order valence-corrected chi connectivity index (χ4v) is 2.35. The highest BCUT2D eigenvalue weighted by molar-refractivity contribution is 5.37. The van der Waals surface area contributed by atoms with E-state index in [1.165, 1.54) is 11.1 Å². The summed E-state index contributed by atoms with van der Waals surface area (Å²) in [5, 5.41) is 0. The van der Waals surface area contributed by atoms with Crippen molar-refractivity contribution in [1.29, 1.82) is 0 Å². The number of hydrogen-bond acceptors (Lipinski definition) is 1. The first-order chi connectivity index (χ1) is 7.95. The lowest BCUT2D eigenvalue weighted by atomic mass is 9.68. The van der Waals surface area contributed by atoms with Crippen LogP contribution in [0.4, 0.5) is 0 Å². The Balaban J connectivity index is 2.39. The van der Waals surface area contributed by atoms with Gasteiger partial charge in [-0.15, -0.1) is 0 Å². The highest BCUT2D eigenvalue weighted by Gasteiger charge is 2.40. The molecule has 1 fully saturated rings. The Kier molecular flexibility index (Phi) is 2.86. The van der Waals surface area contributed by atoms with Crippen LogP contribution < -0.4 is 0 Å². The fraction of sp³-hybridized carbons (Fsp3) is 0.375. The lowest BCUT2D eigenvalue weighted by Crippen LogP contribution is -2.40. The minimum absolute atomic E-state index is 0.00796. The summed E-state index contributed by atoms with van der Waals surface area (Å²) in [4.78, 5) is 0. The molecule has 1 aromatic carbocycles. The van der Waals surface area contributed by atoms with Crippen molar-refractivity contribution in [3.8, 4) is 0 Å². The molecule has 1 heterocycles. The minimum Gasteiger partial charge on any atom is -0.493 e. The van der Waals surface area contributed by atoms with Gasteiger partial charge < -0.3 is 4.74 Å². The van der Waals surface area contributed by atoms with E-state index in [0.717, 1.165) is 11.3 Å². The largest absolute Gasteiger partial charge is 0.493 e. The Morgan fingerprint density at radius 2 is 1.82 bits per heavy atom. The summed E-state index contributed by atoms with van der Waals surface area (Å²) < 4.78 is 5.67. The van der Waals surface area contributed by atoms with E-state index in [-0.39, 0.29) is 5.41 Å². The van der Waals surface area contributed by atoms with Crippen molar-refractivity contribution in [3.05, 3.63) is 59.9 Å². The Morgan fingerprint density at radius 3 is 2.41 bits per heavy atom. The van der Waals surface area contributed by atoms with Gasteiger partial charge in [-0.25, -0.2) is 0 Å². The van der Waals surface area contributed by atoms with E-state index < -0.39 is 0 Å². The van der Waals surface area contributed by atoms with E-state index in [1.807, 2.05) is 0 Å². The molecule has 1 aromatic rings. The molecule has 0 spiro atoms. The van der Waals surface area contributed by atoms with E-state index in [0.29, 0.717) is 12.5 Å². The maximum absolute atomic E-state index is 5.67. The lowest BCUT2D eigenvalue weighted by molar-refractivity contribution is 0.0962. The maximum Gasteiger partial charge on any atom is 0.115 e. The number of allylic oxidation sites excluding steroid dienone is 1. The first-order valence-corrected chi connectivity index (χ1v) is 6.03. The molecule has 2 rings (SSSR count). The van der Waals surface area contributed by atoms with Crippen LogP contribution in [-0.2, 0) is 10.2 Å². The SMILES string of the molecule is C=C1OC[C@](C)(c2ccc(C)cc2)C(C)C1=C. The van der Waals surface area contributed by atoms with Gasteiger partial charge in [-0.05, 0) is 24.0 Å². The van der Waals surface area contributed by atoms with Gasteiger partial charge in [0.2, 0.25) is 0 Å². The van der Waals surface area contributed by atoms with Crippen molar-refractivity contribution in [2.75, 3.05) is 6.61 Å². The molecule has 0 aliphatic carbocycles. The first-order valence-electron chi connectivity index (χ1n) is 6.03. The summed E-state index contributed by atoms with van der Waals surface area (Å²) in [5.74, 6) is 1.09. The Labute approximate surface area is 104 Å². The van der Waals surface area contributed by atoms with Gasteiger partial charge in [0.1, 0.15) is 5.76 Å². The maximum atomic E-state index is 5.67. The second-order valence-corrected chi connectivity index (χ2v) is 5.24. The third kappa shape index (κ3) is 1.90. The summed E-state index contributed by atoms with van der Waals surface area (Å²) in [7, 11) is 0. The highest BCUT2D eigenvalue weighted by Crippen LogP contribution is 2.42. The number of benzene rings is 1. The van der Waals surface area contributed by atoms with Gasteiger partial charge in [-0.1, -0.05) is 56.8 Å². The molecule has 17 heavy (non-hydrogen) atoms. The molecular weight excluding hydrogens is 208 g/mol. The van der Waals surface area contributed by atoms with Crippen LogP contribution in [0.5, 0.6) is 0 Å². The topological polar surface area (TPSA) is 9.23 Å². The number of ether oxygens (including phenoxy) is 1. The zero-order chi connectivity index (χ0) is 12.6. The van der Waals surface area contributed by atoms with E-state index >= 15 is 0 Å². The Bertz CT molecular complexity index is 455. The van der Waals surface area contributed by atoms with Crippen LogP contribution in [0, 0.1) is 12.8 Å². The second kappa shape index (κ2) is 4.06. The summed E-state index contributed by atoms with van der Waals surface area (Å²) in [6.45, 7) is 15.2. The summed E-state index contributed by atoms with van der Waals surface area (Å²) in [6.07, 6.45) is 0. The fourth-order valence-electron chi connectivity index (χ4n) is 2.35. The van der Waals surface area contributed by atoms with Crippen molar-refractivity contribution in [3.63, 3.8) is 0 Å². The molecule has 1 unspecified atom stereocenters. The van der Waals surface area contributed by atoms with Crippen molar-refractivity contribution >= 4 is 0 Å². The predicted molar refractivity (Wildman–Crippen MR) is 71.9 cm³/mol. The van der Waals surface area contributed by atoms with Crippen LogP contribution in [0.25, 0.3) is 0 Å². The molecule has 0 N–H and O–H groups in total. The normalized spacial score (nSPS) is 29.0. The molecule has 0 radical (unpaired) electrons. The summed E-state index contributed by atoms with van der Waals surface area (Å²) in [5.41, 5.74) is 3.60. The van der Waals surface area contributed by atoms with Crippen LogP contribution in [-0.4, -0.2) is 6.61 Å². The Hall–Kier alpha value is -1.50. The Morgan fingerprint density at radius 1 is 1.24 bits per heavy atom. The number of rotatable bonds is 1. The number of hydrogen-bond donors (Lipinski definition) is 0. The van der Waals surface area contributed by atoms with Gasteiger partial charge in [-0.2, -0.15) is 0 Å². The molecule has 1 aliphatic rings. The molecular formula is C16H20O. The van der Waals surface area contributed by atoms with Crippen molar-refractivity contribution in [2.45, 2.75) is 26.2 Å². The molecule has 1 aliphatic heterocycles. The molecule has 0 amide bonds. The molecule has 1 saturated heterocycles. The van der Waals surface area contributed by atoms with Gasteiger partial charge >= 0.3 is 0 Å². The van der Waals surface area contributed by atoms with Crippen LogP contribution in [0.3, 0.4) is 0 Å². The highest BCUT2D eigenvalue weighted by atomic mass is 16.5. The summed E-state index contributed by atoms with van der Waals surface area (Å²) >= 11 is 0. The van der Waals surface area contributed by atoms with E-state index in [4.69, 9.17) is 4.74 Å². The van der Waals surface area contributed by atoms with E-state index in [2.05, 4.69) is 58.2 Å². The van der Waals surface area contributed by atoms with Crippen molar-refractivity contribution in [1.82, 2.24) is 0 Å². The van der Waals surface area contributed by atoms with Crippen LogP contribution in [0.1, 0.15) is 25.0 Å². The van der Waals surface area contributed by atoms with Gasteiger partial charge in [0.05, 0.1) is 6.61 Å². The van der Waals surface area contributed by atoms with Crippen molar-refractivity contribution in [2.24, 2.45) is 5.92 Å². The third-order valence-corrected chi connectivity index (χ3v) is 4.09. The third-order valence-electron chi connectivity index (χ3n) is 4.09. The zero-order valence-electron chi connectivity index (χ0n) is 10.9. The second-order valence-electron chi connectivity index (χ2n) is 5.24. The average molecular weight is 228 g/mol. The number of aryl methyl sites for hydroxylation is 1. The quantitative estimate of drug-likeness (QED) is 0.706. The molecule has 0 bridgehead atoms. The van der Waals surface area contributed by atoms with Gasteiger partial charge in [0.15, 0.2) is 0 Å². The first kappa shape index (κ1) is 12.0. The van der Waals surface area contributed by atoms with Crippen LogP contribution in [0.15, 0.2) is 48.8 Å². The average Bonchev–Trinajstić information content (AvgIpc) is 2.33. The van der Waals surface area contributed by atoms with E-state index in [9.17, 15) is 0 Å². The minimum atomic E-state index is -0.00796. The molecule has 0 aromatic heterocycles. The van der Waals surface area contributed by atoms with Gasteiger partial charge in [0.25, 0.3) is 0 Å². The van der Waals surface area contributed by atoms with Gasteiger partial charge in [0, 0.05) is 5.41 Å². The zero-order valence-corrected chi connectivity index (χ0v) is 10.9. The smallest absolute Gasteiger partial charge is 0.115 e. The monoisotopic (exact) mass is 228 g/mol. The summed E-state index contributed by atoms with van der Waals surface area (Å²) in [6, 6.07) is 8.69. The molecule has 0 saturated carbocycles. The molecule has 1 heteroatoms.